The lowest BCUT2D eigenvalue weighted by molar-refractivity contribution is 0.193. The molecule has 0 spiro atoms. The maximum Gasteiger partial charge on any atom is 0.0670 e. The Morgan fingerprint density at radius 3 is 2.87 bits per heavy atom. The van der Waals surface area contributed by atoms with Crippen LogP contribution in [0.15, 0.2) is 24.3 Å². The lowest BCUT2D eigenvalue weighted by atomic mass is 10.1. The Morgan fingerprint density at radius 1 is 1.47 bits per heavy atom. The molecule has 1 aliphatic rings. The van der Waals surface area contributed by atoms with Gasteiger partial charge >= 0.3 is 0 Å². The van der Waals surface area contributed by atoms with E-state index in [-0.39, 0.29) is 0 Å². The Morgan fingerprint density at radius 2 is 2.27 bits per heavy atom. The second-order valence-corrected chi connectivity index (χ2v) is 3.86. The average molecular weight is 206 g/mol. The summed E-state index contributed by atoms with van der Waals surface area (Å²) in [4.78, 5) is 2.34. The van der Waals surface area contributed by atoms with Crippen molar-refractivity contribution in [1.29, 1.82) is 0 Å². The van der Waals surface area contributed by atoms with Gasteiger partial charge in [-0.25, -0.2) is 0 Å². The molecule has 2 rings (SSSR count). The lowest BCUT2D eigenvalue weighted by Crippen LogP contribution is -2.35. The van der Waals surface area contributed by atoms with Crippen molar-refractivity contribution >= 4 is 11.4 Å². The van der Waals surface area contributed by atoms with E-state index in [0.717, 1.165) is 37.6 Å². The van der Waals surface area contributed by atoms with E-state index < -0.39 is 0 Å². The Labute approximate surface area is 90.8 Å². The van der Waals surface area contributed by atoms with Crippen LogP contribution in [0.4, 0.5) is 11.4 Å². The number of ether oxygens (including phenoxy) is 1. The van der Waals surface area contributed by atoms with Gasteiger partial charge in [0.25, 0.3) is 0 Å². The predicted molar refractivity (Wildman–Crippen MR) is 63.1 cm³/mol. The minimum Gasteiger partial charge on any atom is -0.397 e. The Balaban J connectivity index is 2.22. The zero-order chi connectivity index (χ0) is 10.7. The molecule has 1 unspecified atom stereocenters. The van der Waals surface area contributed by atoms with E-state index in [1.165, 1.54) is 0 Å². The molecule has 0 saturated carbocycles. The van der Waals surface area contributed by atoms with Crippen molar-refractivity contribution in [2.45, 2.75) is 19.4 Å². The third-order valence-corrected chi connectivity index (χ3v) is 2.93. The van der Waals surface area contributed by atoms with Crippen molar-refractivity contribution in [2.75, 3.05) is 30.4 Å². The van der Waals surface area contributed by atoms with Gasteiger partial charge in [-0.05, 0) is 25.5 Å². The van der Waals surface area contributed by atoms with Crippen LogP contribution in [0.5, 0.6) is 0 Å². The molecule has 1 heterocycles. The number of nitrogen functional groups attached to an aromatic ring is 1. The summed E-state index contributed by atoms with van der Waals surface area (Å²) in [5, 5.41) is 0. The van der Waals surface area contributed by atoms with Crippen LogP contribution in [0.2, 0.25) is 0 Å². The number of anilines is 2. The van der Waals surface area contributed by atoms with E-state index in [9.17, 15) is 0 Å². The SMILES string of the molecule is CCN(c1ccccc1N)C1CCOC1. The van der Waals surface area contributed by atoms with E-state index >= 15 is 0 Å². The number of nitrogens with zero attached hydrogens (tertiary/aromatic N) is 1. The third-order valence-electron chi connectivity index (χ3n) is 2.93. The first-order chi connectivity index (χ1) is 7.33. The van der Waals surface area contributed by atoms with Crippen LogP contribution >= 0.6 is 0 Å². The highest BCUT2D eigenvalue weighted by Gasteiger charge is 2.23. The van der Waals surface area contributed by atoms with Gasteiger partial charge in [-0.2, -0.15) is 0 Å². The summed E-state index contributed by atoms with van der Waals surface area (Å²) in [5.74, 6) is 0. The number of nitrogens with two attached hydrogens (primary N) is 1. The monoisotopic (exact) mass is 206 g/mol. The molecule has 1 saturated heterocycles. The standard InChI is InChI=1S/C12H18N2O/c1-2-14(10-7-8-15-9-10)12-6-4-3-5-11(12)13/h3-6,10H,2,7-9,13H2,1H3. The van der Waals surface area contributed by atoms with E-state index in [1.54, 1.807) is 0 Å². The summed E-state index contributed by atoms with van der Waals surface area (Å²) < 4.78 is 5.42. The molecular weight excluding hydrogens is 188 g/mol. The van der Waals surface area contributed by atoms with Crippen molar-refractivity contribution in [2.24, 2.45) is 0 Å². The zero-order valence-corrected chi connectivity index (χ0v) is 9.15. The van der Waals surface area contributed by atoms with Crippen LogP contribution in [0.1, 0.15) is 13.3 Å². The number of para-hydroxylation sites is 2. The summed E-state index contributed by atoms with van der Waals surface area (Å²) in [7, 11) is 0. The third kappa shape index (κ3) is 2.07. The van der Waals surface area contributed by atoms with Gasteiger partial charge in [-0.1, -0.05) is 12.1 Å². The van der Waals surface area contributed by atoms with Gasteiger partial charge in [-0.15, -0.1) is 0 Å². The normalized spacial score (nSPS) is 20.5. The molecule has 1 aliphatic heterocycles. The number of benzene rings is 1. The van der Waals surface area contributed by atoms with Gasteiger partial charge in [0.2, 0.25) is 0 Å². The largest absolute Gasteiger partial charge is 0.397 e. The highest BCUT2D eigenvalue weighted by molar-refractivity contribution is 5.67. The smallest absolute Gasteiger partial charge is 0.0670 e. The Bertz CT molecular complexity index is 321. The molecule has 1 aromatic carbocycles. The van der Waals surface area contributed by atoms with Crippen LogP contribution in [0, 0.1) is 0 Å². The maximum atomic E-state index is 5.98. The van der Waals surface area contributed by atoms with E-state index in [0.29, 0.717) is 6.04 Å². The van der Waals surface area contributed by atoms with E-state index in [1.807, 2.05) is 18.2 Å². The molecule has 0 amide bonds. The first-order valence-corrected chi connectivity index (χ1v) is 5.52. The molecule has 1 atom stereocenters. The molecule has 0 bridgehead atoms. The van der Waals surface area contributed by atoms with Crippen molar-refractivity contribution in [3.8, 4) is 0 Å². The molecule has 0 radical (unpaired) electrons. The van der Waals surface area contributed by atoms with Crippen LogP contribution in [-0.2, 0) is 4.74 Å². The second-order valence-electron chi connectivity index (χ2n) is 3.86. The van der Waals surface area contributed by atoms with E-state index in [4.69, 9.17) is 10.5 Å². The van der Waals surface area contributed by atoms with Gasteiger partial charge in [0.1, 0.15) is 0 Å². The van der Waals surface area contributed by atoms with Crippen LogP contribution in [0.25, 0.3) is 0 Å². The summed E-state index contributed by atoms with van der Waals surface area (Å²) in [6, 6.07) is 8.52. The molecule has 2 N–H and O–H groups in total. The molecule has 1 aromatic rings. The number of hydrogen-bond acceptors (Lipinski definition) is 3. The van der Waals surface area contributed by atoms with Crippen molar-refractivity contribution in [3.63, 3.8) is 0 Å². The van der Waals surface area contributed by atoms with Gasteiger partial charge in [0, 0.05) is 13.2 Å². The fraction of sp³-hybridized carbons (Fsp3) is 0.500. The quantitative estimate of drug-likeness (QED) is 0.767. The Hall–Kier alpha value is -1.22. The molecule has 3 nitrogen and oxygen atoms in total. The topological polar surface area (TPSA) is 38.5 Å². The van der Waals surface area contributed by atoms with Crippen LogP contribution in [0.3, 0.4) is 0 Å². The van der Waals surface area contributed by atoms with Gasteiger partial charge in [0.05, 0.1) is 24.0 Å². The minimum absolute atomic E-state index is 0.486. The average Bonchev–Trinajstić information content (AvgIpc) is 2.75. The predicted octanol–water partition coefficient (Wildman–Crippen LogP) is 1.88. The molecule has 3 heteroatoms. The lowest BCUT2D eigenvalue weighted by Gasteiger charge is -2.29. The van der Waals surface area contributed by atoms with Crippen LogP contribution in [-0.4, -0.2) is 25.8 Å². The van der Waals surface area contributed by atoms with Crippen molar-refractivity contribution in [3.05, 3.63) is 24.3 Å². The van der Waals surface area contributed by atoms with Crippen LogP contribution < -0.4 is 10.6 Å². The number of rotatable bonds is 3. The molecule has 1 fully saturated rings. The van der Waals surface area contributed by atoms with E-state index in [2.05, 4.69) is 17.9 Å². The van der Waals surface area contributed by atoms with Gasteiger partial charge in [0.15, 0.2) is 0 Å². The van der Waals surface area contributed by atoms with Gasteiger partial charge in [-0.3, -0.25) is 0 Å². The summed E-state index contributed by atoms with van der Waals surface area (Å²) in [6.45, 7) is 4.82. The molecule has 0 aromatic heterocycles. The highest BCUT2D eigenvalue weighted by Crippen LogP contribution is 2.26. The zero-order valence-electron chi connectivity index (χ0n) is 9.15. The summed E-state index contributed by atoms with van der Waals surface area (Å²) in [6.07, 6.45) is 1.10. The highest BCUT2D eigenvalue weighted by atomic mass is 16.5. The minimum atomic E-state index is 0.486. The molecular formula is C12H18N2O. The second kappa shape index (κ2) is 4.53. The fourth-order valence-electron chi connectivity index (χ4n) is 2.14. The number of hydrogen-bond donors (Lipinski definition) is 1. The number of likely N-dealkylation sites (N-methyl/N-ethyl adjacent to an activating group) is 1. The maximum absolute atomic E-state index is 5.98. The van der Waals surface area contributed by atoms with Crippen molar-refractivity contribution < 1.29 is 4.74 Å². The Kier molecular flexibility index (Phi) is 3.11. The van der Waals surface area contributed by atoms with Gasteiger partial charge < -0.3 is 15.4 Å². The molecule has 15 heavy (non-hydrogen) atoms. The first kappa shape index (κ1) is 10.3. The summed E-state index contributed by atoms with van der Waals surface area (Å²) >= 11 is 0. The van der Waals surface area contributed by atoms with Crippen molar-refractivity contribution in [1.82, 2.24) is 0 Å². The molecule has 82 valence electrons. The fourth-order valence-corrected chi connectivity index (χ4v) is 2.14. The first-order valence-electron chi connectivity index (χ1n) is 5.52. The molecule has 0 aliphatic carbocycles. The summed E-state index contributed by atoms with van der Waals surface area (Å²) in [5.41, 5.74) is 7.97.